The highest BCUT2D eigenvalue weighted by Crippen LogP contribution is 2.38. The highest BCUT2D eigenvalue weighted by Gasteiger charge is 2.28. The Morgan fingerprint density at radius 1 is 0.886 bits per heavy atom. The van der Waals surface area contributed by atoms with Crippen molar-refractivity contribution in [2.45, 2.75) is 32.7 Å². The first-order chi connectivity index (χ1) is 16.7. The molecule has 5 aromatic rings. The minimum Gasteiger partial charge on any atom is -0.419 e. The molecular weight excluding hydrogens is 505 g/mol. The zero-order valence-corrected chi connectivity index (χ0v) is 21.6. The van der Waals surface area contributed by atoms with E-state index in [0.29, 0.717) is 44.8 Å². The second-order valence-electron chi connectivity index (χ2n) is 9.21. The van der Waals surface area contributed by atoms with E-state index in [2.05, 4.69) is 14.8 Å². The molecule has 0 amide bonds. The Kier molecular flexibility index (Phi) is 6.21. The first-order valence-electron chi connectivity index (χ1n) is 11.0. The Morgan fingerprint density at radius 3 is 2.20 bits per heavy atom. The Bertz CT molecular complexity index is 1480. The molecule has 0 N–H and O–H groups in total. The molecular formula is C26H22Cl3N5O. The molecule has 0 aliphatic heterocycles. The van der Waals surface area contributed by atoms with Crippen molar-refractivity contribution in [2.24, 2.45) is 0 Å². The highest BCUT2D eigenvalue weighted by molar-refractivity contribution is 6.35. The van der Waals surface area contributed by atoms with Crippen LogP contribution in [-0.4, -0.2) is 24.5 Å². The summed E-state index contributed by atoms with van der Waals surface area (Å²) in [6, 6.07) is 16.9. The van der Waals surface area contributed by atoms with Gasteiger partial charge in [-0.1, -0.05) is 67.7 Å². The first-order valence-corrected chi connectivity index (χ1v) is 12.1. The van der Waals surface area contributed by atoms with Gasteiger partial charge in [0.05, 0.1) is 22.9 Å². The predicted octanol–water partition coefficient (Wildman–Crippen LogP) is 7.70. The topological polar surface area (TPSA) is 61.7 Å². The second kappa shape index (κ2) is 9.19. The fourth-order valence-corrected chi connectivity index (χ4v) is 4.40. The van der Waals surface area contributed by atoms with Gasteiger partial charge in [-0.15, -0.1) is 10.2 Å². The van der Waals surface area contributed by atoms with Crippen molar-refractivity contribution < 1.29 is 4.42 Å². The van der Waals surface area contributed by atoms with E-state index in [0.717, 1.165) is 16.8 Å². The summed E-state index contributed by atoms with van der Waals surface area (Å²) in [6.07, 6.45) is 3.99. The standard InChI is InChI=1S/C26H22Cl3N5O/c1-26(2,3)25-31-30-24(35-25)22-19(15-33-12-4-5-13-33)23(16-6-8-17(27)9-7-16)34(32-22)21-11-10-18(28)14-20(21)29/h4-14H,15H2,1-3H3. The van der Waals surface area contributed by atoms with E-state index < -0.39 is 0 Å². The number of hydrogen-bond acceptors (Lipinski definition) is 4. The van der Waals surface area contributed by atoms with Crippen LogP contribution in [0.3, 0.4) is 0 Å². The second-order valence-corrected chi connectivity index (χ2v) is 10.5. The predicted molar refractivity (Wildman–Crippen MR) is 140 cm³/mol. The van der Waals surface area contributed by atoms with E-state index in [4.69, 9.17) is 44.3 Å². The maximum absolute atomic E-state index is 6.64. The number of nitrogens with zero attached hydrogens (tertiary/aromatic N) is 5. The Balaban J connectivity index is 1.81. The van der Waals surface area contributed by atoms with Gasteiger partial charge in [0.1, 0.15) is 0 Å². The van der Waals surface area contributed by atoms with Crippen molar-refractivity contribution in [1.82, 2.24) is 24.5 Å². The van der Waals surface area contributed by atoms with Gasteiger partial charge in [-0.3, -0.25) is 0 Å². The molecule has 3 heterocycles. The average Bonchev–Trinajstić information content (AvgIpc) is 3.55. The number of benzene rings is 2. The molecule has 0 aliphatic rings. The molecule has 178 valence electrons. The molecule has 9 heteroatoms. The van der Waals surface area contributed by atoms with Crippen molar-refractivity contribution in [2.75, 3.05) is 0 Å². The average molecular weight is 527 g/mol. The molecule has 0 atom stereocenters. The van der Waals surface area contributed by atoms with Crippen LogP contribution in [0.1, 0.15) is 32.2 Å². The quantitative estimate of drug-likeness (QED) is 0.235. The molecule has 0 aliphatic carbocycles. The third kappa shape index (κ3) is 4.74. The summed E-state index contributed by atoms with van der Waals surface area (Å²) in [5.41, 5.74) is 3.61. The molecule has 0 radical (unpaired) electrons. The molecule has 0 unspecified atom stereocenters. The van der Waals surface area contributed by atoms with Gasteiger partial charge >= 0.3 is 0 Å². The van der Waals surface area contributed by atoms with Crippen LogP contribution in [-0.2, 0) is 12.0 Å². The zero-order chi connectivity index (χ0) is 24.7. The van der Waals surface area contributed by atoms with Crippen molar-refractivity contribution in [3.8, 4) is 28.5 Å². The minimum absolute atomic E-state index is 0.299. The lowest BCUT2D eigenvalue weighted by Crippen LogP contribution is -2.11. The van der Waals surface area contributed by atoms with Gasteiger partial charge in [-0.05, 0) is 42.5 Å². The van der Waals surface area contributed by atoms with Crippen LogP contribution in [0.5, 0.6) is 0 Å². The van der Waals surface area contributed by atoms with E-state index in [1.807, 2.05) is 75.6 Å². The van der Waals surface area contributed by atoms with Crippen LogP contribution >= 0.6 is 34.8 Å². The molecule has 2 aromatic carbocycles. The smallest absolute Gasteiger partial charge is 0.268 e. The van der Waals surface area contributed by atoms with Crippen LogP contribution < -0.4 is 0 Å². The summed E-state index contributed by atoms with van der Waals surface area (Å²) in [5, 5.41) is 15.3. The summed E-state index contributed by atoms with van der Waals surface area (Å²) < 4.78 is 9.99. The van der Waals surface area contributed by atoms with Crippen LogP contribution in [0.4, 0.5) is 0 Å². The molecule has 0 bridgehead atoms. The van der Waals surface area contributed by atoms with Gasteiger partial charge in [0.2, 0.25) is 5.89 Å². The number of rotatable bonds is 5. The van der Waals surface area contributed by atoms with E-state index in [1.54, 1.807) is 16.8 Å². The lowest BCUT2D eigenvalue weighted by atomic mass is 9.97. The summed E-state index contributed by atoms with van der Waals surface area (Å²) in [4.78, 5) is 0. The maximum Gasteiger partial charge on any atom is 0.268 e. The Labute approximate surface area is 218 Å². The minimum atomic E-state index is -0.299. The lowest BCUT2D eigenvalue weighted by molar-refractivity contribution is 0.398. The fraction of sp³-hybridized carbons (Fsp3) is 0.192. The number of halogens is 3. The third-order valence-corrected chi connectivity index (χ3v) is 6.30. The van der Waals surface area contributed by atoms with Crippen LogP contribution in [0, 0.1) is 0 Å². The molecule has 0 fully saturated rings. The van der Waals surface area contributed by atoms with Gasteiger partial charge in [-0.2, -0.15) is 5.10 Å². The molecule has 0 saturated heterocycles. The van der Waals surface area contributed by atoms with Crippen molar-refractivity contribution >= 4 is 34.8 Å². The normalized spacial score (nSPS) is 11.8. The molecule has 0 spiro atoms. The summed E-state index contributed by atoms with van der Waals surface area (Å²) in [7, 11) is 0. The van der Waals surface area contributed by atoms with Gasteiger partial charge in [0, 0.05) is 39.0 Å². The highest BCUT2D eigenvalue weighted by atomic mass is 35.5. The monoisotopic (exact) mass is 525 g/mol. The van der Waals surface area contributed by atoms with Gasteiger partial charge in [-0.25, -0.2) is 4.68 Å². The van der Waals surface area contributed by atoms with Gasteiger partial charge in [0.15, 0.2) is 5.69 Å². The van der Waals surface area contributed by atoms with Crippen molar-refractivity contribution in [1.29, 1.82) is 0 Å². The summed E-state index contributed by atoms with van der Waals surface area (Å²) in [5.74, 6) is 0.877. The number of hydrogen-bond donors (Lipinski definition) is 0. The number of aromatic nitrogens is 5. The largest absolute Gasteiger partial charge is 0.419 e. The summed E-state index contributed by atoms with van der Waals surface area (Å²) in [6.45, 7) is 6.60. The van der Waals surface area contributed by atoms with E-state index in [-0.39, 0.29) is 5.41 Å². The van der Waals surface area contributed by atoms with E-state index in [9.17, 15) is 0 Å². The van der Waals surface area contributed by atoms with Gasteiger partial charge in [0.25, 0.3) is 5.89 Å². The first kappa shape index (κ1) is 23.7. The van der Waals surface area contributed by atoms with Crippen LogP contribution in [0.2, 0.25) is 15.1 Å². The lowest BCUT2D eigenvalue weighted by Gasteiger charge is -2.12. The Hall–Kier alpha value is -3.06. The SMILES string of the molecule is CC(C)(C)c1nnc(-c2nn(-c3ccc(Cl)cc3Cl)c(-c3ccc(Cl)cc3)c2Cn2cccc2)o1. The van der Waals surface area contributed by atoms with Crippen molar-refractivity contribution in [3.63, 3.8) is 0 Å². The Morgan fingerprint density at radius 2 is 1.57 bits per heavy atom. The van der Waals surface area contributed by atoms with Crippen LogP contribution in [0.15, 0.2) is 71.4 Å². The fourth-order valence-electron chi connectivity index (χ4n) is 3.78. The molecule has 35 heavy (non-hydrogen) atoms. The zero-order valence-electron chi connectivity index (χ0n) is 19.3. The molecule has 6 nitrogen and oxygen atoms in total. The van der Waals surface area contributed by atoms with Crippen LogP contribution in [0.25, 0.3) is 28.5 Å². The van der Waals surface area contributed by atoms with E-state index in [1.165, 1.54) is 0 Å². The summed E-state index contributed by atoms with van der Waals surface area (Å²) >= 11 is 19.0. The molecule has 0 saturated carbocycles. The van der Waals surface area contributed by atoms with E-state index >= 15 is 0 Å². The molecule has 5 rings (SSSR count). The molecule has 3 aromatic heterocycles. The van der Waals surface area contributed by atoms with Crippen molar-refractivity contribution in [3.05, 3.63) is 93.5 Å². The third-order valence-electron chi connectivity index (χ3n) is 5.52. The maximum atomic E-state index is 6.64. The van der Waals surface area contributed by atoms with Gasteiger partial charge < -0.3 is 8.98 Å².